The molecule has 1 atom stereocenters. The first-order chi connectivity index (χ1) is 11.7. The number of hydrogen-bond donors (Lipinski definition) is 1. The SMILES string of the molecule is O=C(Nc1cccc(C[S@](=O)C2CCCCC2)c1)c1ccncc1. The number of carbonyl (C=O) groups is 1. The monoisotopic (exact) mass is 342 g/mol. The summed E-state index contributed by atoms with van der Waals surface area (Å²) in [5, 5.41) is 3.21. The maximum atomic E-state index is 12.5. The molecule has 2 aromatic rings. The summed E-state index contributed by atoms with van der Waals surface area (Å²) < 4.78 is 12.5. The fourth-order valence-corrected chi connectivity index (χ4v) is 4.66. The zero-order chi connectivity index (χ0) is 16.8. The molecule has 0 spiro atoms. The zero-order valence-electron chi connectivity index (χ0n) is 13.6. The van der Waals surface area contributed by atoms with Crippen LogP contribution >= 0.6 is 0 Å². The van der Waals surface area contributed by atoms with E-state index in [9.17, 15) is 9.00 Å². The van der Waals surface area contributed by atoms with Crippen molar-refractivity contribution in [2.24, 2.45) is 0 Å². The highest BCUT2D eigenvalue weighted by Crippen LogP contribution is 2.24. The Morgan fingerprint density at radius 1 is 1.12 bits per heavy atom. The Bertz CT molecular complexity index is 712. The number of rotatable bonds is 5. The number of aromatic nitrogens is 1. The van der Waals surface area contributed by atoms with Crippen LogP contribution in [0.2, 0.25) is 0 Å². The standard InChI is InChI=1S/C19H22N2O2S/c22-19(16-9-11-20-12-10-16)21-17-6-4-5-15(13-17)14-24(23)18-7-2-1-3-8-18/h4-6,9-13,18H,1-3,7-8,14H2,(H,21,22)/t24-/m0/s1. The lowest BCUT2D eigenvalue weighted by molar-refractivity contribution is 0.102. The van der Waals surface area contributed by atoms with Crippen molar-refractivity contribution in [3.8, 4) is 0 Å². The number of pyridine rings is 1. The maximum absolute atomic E-state index is 12.5. The van der Waals surface area contributed by atoms with E-state index in [0.29, 0.717) is 16.6 Å². The van der Waals surface area contributed by atoms with Gasteiger partial charge in [-0.2, -0.15) is 0 Å². The van der Waals surface area contributed by atoms with E-state index < -0.39 is 10.8 Å². The normalized spacial score (nSPS) is 16.5. The lowest BCUT2D eigenvalue weighted by atomic mass is 10.0. The largest absolute Gasteiger partial charge is 0.322 e. The van der Waals surface area contributed by atoms with Gasteiger partial charge in [-0.1, -0.05) is 31.4 Å². The molecule has 1 aromatic heterocycles. The predicted octanol–water partition coefficient (Wildman–Crippen LogP) is 3.92. The molecule has 24 heavy (non-hydrogen) atoms. The minimum Gasteiger partial charge on any atom is -0.322 e. The van der Waals surface area contributed by atoms with Crippen molar-refractivity contribution in [2.75, 3.05) is 5.32 Å². The number of anilines is 1. The molecule has 1 heterocycles. The molecule has 0 saturated heterocycles. The van der Waals surface area contributed by atoms with Crippen LogP contribution in [-0.4, -0.2) is 20.3 Å². The van der Waals surface area contributed by atoms with Crippen LogP contribution < -0.4 is 5.32 Å². The quantitative estimate of drug-likeness (QED) is 0.896. The van der Waals surface area contributed by atoms with Crippen LogP contribution in [0.3, 0.4) is 0 Å². The Hall–Kier alpha value is -2.01. The lowest BCUT2D eigenvalue weighted by Crippen LogP contribution is -2.20. The second-order valence-corrected chi connectivity index (χ2v) is 7.89. The van der Waals surface area contributed by atoms with Crippen LogP contribution in [-0.2, 0) is 16.6 Å². The van der Waals surface area contributed by atoms with Crippen molar-refractivity contribution in [1.29, 1.82) is 0 Å². The molecule has 0 bridgehead atoms. The van der Waals surface area contributed by atoms with Gasteiger partial charge in [0, 0.05) is 45.4 Å². The van der Waals surface area contributed by atoms with Gasteiger partial charge in [-0.25, -0.2) is 0 Å². The molecule has 1 fully saturated rings. The van der Waals surface area contributed by atoms with Crippen molar-refractivity contribution in [2.45, 2.75) is 43.1 Å². The van der Waals surface area contributed by atoms with Gasteiger partial charge in [0.15, 0.2) is 0 Å². The molecule has 4 nitrogen and oxygen atoms in total. The summed E-state index contributed by atoms with van der Waals surface area (Å²) in [5.41, 5.74) is 2.31. The molecule has 126 valence electrons. The highest BCUT2D eigenvalue weighted by atomic mass is 32.2. The summed E-state index contributed by atoms with van der Waals surface area (Å²) in [4.78, 5) is 16.1. The topological polar surface area (TPSA) is 59.1 Å². The number of carbonyl (C=O) groups excluding carboxylic acids is 1. The average Bonchev–Trinajstić information content (AvgIpc) is 2.63. The van der Waals surface area contributed by atoms with Crippen molar-refractivity contribution >= 4 is 22.4 Å². The van der Waals surface area contributed by atoms with Gasteiger partial charge in [-0.15, -0.1) is 0 Å². The van der Waals surface area contributed by atoms with Gasteiger partial charge in [0.05, 0.1) is 0 Å². The van der Waals surface area contributed by atoms with E-state index in [4.69, 9.17) is 0 Å². The highest BCUT2D eigenvalue weighted by molar-refractivity contribution is 7.84. The van der Waals surface area contributed by atoms with Gasteiger partial charge in [0.2, 0.25) is 0 Å². The Balaban J connectivity index is 1.63. The molecule has 1 aromatic carbocycles. The average molecular weight is 342 g/mol. The predicted molar refractivity (Wildman–Crippen MR) is 97.4 cm³/mol. The number of benzene rings is 1. The van der Waals surface area contributed by atoms with Crippen LogP contribution in [0.15, 0.2) is 48.8 Å². The molecule has 0 aliphatic heterocycles. The van der Waals surface area contributed by atoms with Crippen LogP contribution in [0.4, 0.5) is 5.69 Å². The Kier molecular flexibility index (Phi) is 5.75. The van der Waals surface area contributed by atoms with Gasteiger partial charge in [-0.05, 0) is 42.7 Å². The summed E-state index contributed by atoms with van der Waals surface area (Å²) in [6.45, 7) is 0. The molecule has 0 radical (unpaired) electrons. The molecular weight excluding hydrogens is 320 g/mol. The van der Waals surface area contributed by atoms with Crippen LogP contribution in [0.5, 0.6) is 0 Å². The minimum atomic E-state index is -0.835. The summed E-state index contributed by atoms with van der Waals surface area (Å²) in [7, 11) is -0.835. The fourth-order valence-electron chi connectivity index (χ4n) is 3.06. The molecule has 5 heteroatoms. The molecule has 1 aliphatic carbocycles. The van der Waals surface area contributed by atoms with Gasteiger partial charge in [0.25, 0.3) is 5.91 Å². The smallest absolute Gasteiger partial charge is 0.255 e. The zero-order valence-corrected chi connectivity index (χ0v) is 14.4. The Labute approximate surface area is 145 Å². The van der Waals surface area contributed by atoms with E-state index in [1.807, 2.05) is 24.3 Å². The van der Waals surface area contributed by atoms with Crippen LogP contribution in [0.1, 0.15) is 48.0 Å². The summed E-state index contributed by atoms with van der Waals surface area (Å²) >= 11 is 0. The van der Waals surface area contributed by atoms with E-state index in [1.165, 1.54) is 19.3 Å². The van der Waals surface area contributed by atoms with Gasteiger partial charge < -0.3 is 5.32 Å². The number of amides is 1. The van der Waals surface area contributed by atoms with E-state index in [-0.39, 0.29) is 5.91 Å². The molecule has 1 amide bonds. The third-order valence-corrected chi connectivity index (χ3v) is 6.19. The summed E-state index contributed by atoms with van der Waals surface area (Å²) in [6, 6.07) is 11.0. The third-order valence-electron chi connectivity index (χ3n) is 4.36. The first-order valence-corrected chi connectivity index (χ1v) is 9.78. The Morgan fingerprint density at radius 2 is 1.88 bits per heavy atom. The minimum absolute atomic E-state index is 0.164. The summed E-state index contributed by atoms with van der Waals surface area (Å²) in [5.74, 6) is 0.395. The number of hydrogen-bond acceptors (Lipinski definition) is 3. The summed E-state index contributed by atoms with van der Waals surface area (Å²) in [6.07, 6.45) is 8.99. The van der Waals surface area contributed by atoms with Gasteiger partial charge in [0.1, 0.15) is 0 Å². The molecule has 1 aliphatic rings. The van der Waals surface area contributed by atoms with Crippen molar-refractivity contribution in [3.63, 3.8) is 0 Å². The third kappa shape index (κ3) is 4.51. The molecular formula is C19H22N2O2S. The second-order valence-electron chi connectivity index (χ2n) is 6.18. The van der Waals surface area contributed by atoms with E-state index >= 15 is 0 Å². The fraction of sp³-hybridized carbons (Fsp3) is 0.368. The van der Waals surface area contributed by atoms with Crippen LogP contribution in [0, 0.1) is 0 Å². The van der Waals surface area contributed by atoms with Gasteiger partial charge in [-0.3, -0.25) is 14.0 Å². The van der Waals surface area contributed by atoms with Crippen molar-refractivity contribution in [3.05, 3.63) is 59.9 Å². The lowest BCUT2D eigenvalue weighted by Gasteiger charge is -2.21. The van der Waals surface area contributed by atoms with E-state index in [2.05, 4.69) is 10.3 Å². The highest BCUT2D eigenvalue weighted by Gasteiger charge is 2.19. The molecule has 1 N–H and O–H groups in total. The Morgan fingerprint density at radius 3 is 2.62 bits per heavy atom. The number of nitrogens with one attached hydrogen (secondary N) is 1. The first-order valence-electron chi connectivity index (χ1n) is 8.40. The first kappa shape index (κ1) is 16.8. The molecule has 1 saturated carbocycles. The van der Waals surface area contributed by atoms with E-state index in [0.717, 1.165) is 24.1 Å². The van der Waals surface area contributed by atoms with Crippen molar-refractivity contribution in [1.82, 2.24) is 4.98 Å². The maximum Gasteiger partial charge on any atom is 0.255 e. The molecule has 3 rings (SSSR count). The van der Waals surface area contributed by atoms with Crippen LogP contribution in [0.25, 0.3) is 0 Å². The molecule has 0 unspecified atom stereocenters. The van der Waals surface area contributed by atoms with E-state index in [1.54, 1.807) is 24.5 Å². The van der Waals surface area contributed by atoms with Gasteiger partial charge >= 0.3 is 0 Å². The van der Waals surface area contributed by atoms with Crippen molar-refractivity contribution < 1.29 is 9.00 Å². The second kappa shape index (κ2) is 8.20. The number of nitrogens with zero attached hydrogens (tertiary/aromatic N) is 1.